The fourth-order valence-corrected chi connectivity index (χ4v) is 2.88. The summed E-state index contributed by atoms with van der Waals surface area (Å²) in [5.74, 6) is 1.70. The quantitative estimate of drug-likeness (QED) is 0.784. The molecule has 118 valence electrons. The standard InChI is InChI=1S/C17H28N2O2/c1-13-5-4-6-15(11-13)21-17-8-7-14(2)19-16(17)12-18-9-10-20-3/h7-8,13,15,18H,4-6,9-12H2,1-3H3. The minimum Gasteiger partial charge on any atom is -0.488 e. The summed E-state index contributed by atoms with van der Waals surface area (Å²) in [5.41, 5.74) is 2.03. The maximum absolute atomic E-state index is 6.24. The van der Waals surface area contributed by atoms with Gasteiger partial charge in [-0.05, 0) is 44.2 Å². The number of hydrogen-bond acceptors (Lipinski definition) is 4. The molecule has 0 aliphatic heterocycles. The van der Waals surface area contributed by atoms with E-state index in [4.69, 9.17) is 9.47 Å². The number of nitrogens with zero attached hydrogens (tertiary/aromatic N) is 1. The Morgan fingerprint density at radius 2 is 2.19 bits per heavy atom. The van der Waals surface area contributed by atoms with Gasteiger partial charge in [0.1, 0.15) is 5.75 Å². The predicted octanol–water partition coefficient (Wildman–Crippen LogP) is 3.08. The van der Waals surface area contributed by atoms with Crippen LogP contribution in [0, 0.1) is 12.8 Å². The van der Waals surface area contributed by atoms with E-state index in [1.54, 1.807) is 7.11 Å². The molecule has 0 bridgehead atoms. The first kappa shape index (κ1) is 16.2. The Balaban J connectivity index is 1.96. The zero-order valence-corrected chi connectivity index (χ0v) is 13.5. The molecule has 1 aromatic rings. The molecule has 1 aromatic heterocycles. The van der Waals surface area contributed by atoms with Crippen molar-refractivity contribution in [1.82, 2.24) is 10.3 Å². The van der Waals surface area contributed by atoms with Gasteiger partial charge in [-0.25, -0.2) is 0 Å². The Bertz CT molecular complexity index is 437. The number of rotatable bonds is 7. The van der Waals surface area contributed by atoms with Crippen molar-refractivity contribution >= 4 is 0 Å². The molecule has 1 aliphatic rings. The van der Waals surface area contributed by atoms with Gasteiger partial charge in [0.2, 0.25) is 0 Å². The molecule has 21 heavy (non-hydrogen) atoms. The van der Waals surface area contributed by atoms with Crippen LogP contribution in [-0.4, -0.2) is 31.3 Å². The van der Waals surface area contributed by atoms with E-state index in [0.29, 0.717) is 12.7 Å². The lowest BCUT2D eigenvalue weighted by atomic mass is 9.89. The molecule has 1 saturated carbocycles. The predicted molar refractivity (Wildman–Crippen MR) is 84.6 cm³/mol. The van der Waals surface area contributed by atoms with Gasteiger partial charge in [0.15, 0.2) is 0 Å². The number of hydrogen-bond donors (Lipinski definition) is 1. The van der Waals surface area contributed by atoms with Gasteiger partial charge in [0.25, 0.3) is 0 Å². The van der Waals surface area contributed by atoms with Gasteiger partial charge in [-0.1, -0.05) is 13.3 Å². The monoisotopic (exact) mass is 292 g/mol. The van der Waals surface area contributed by atoms with Gasteiger partial charge >= 0.3 is 0 Å². The topological polar surface area (TPSA) is 43.4 Å². The van der Waals surface area contributed by atoms with Crippen LogP contribution in [0.3, 0.4) is 0 Å². The highest BCUT2D eigenvalue weighted by molar-refractivity contribution is 5.29. The highest BCUT2D eigenvalue weighted by Gasteiger charge is 2.21. The van der Waals surface area contributed by atoms with Crippen LogP contribution in [0.4, 0.5) is 0 Å². The molecule has 4 heteroatoms. The van der Waals surface area contributed by atoms with Crippen molar-refractivity contribution in [2.75, 3.05) is 20.3 Å². The van der Waals surface area contributed by atoms with Gasteiger partial charge in [-0.2, -0.15) is 0 Å². The molecule has 1 aliphatic carbocycles. The van der Waals surface area contributed by atoms with Crippen molar-refractivity contribution in [1.29, 1.82) is 0 Å². The van der Waals surface area contributed by atoms with Gasteiger partial charge < -0.3 is 14.8 Å². The molecule has 1 heterocycles. The van der Waals surface area contributed by atoms with Crippen LogP contribution in [0.1, 0.15) is 44.0 Å². The summed E-state index contributed by atoms with van der Waals surface area (Å²) in [7, 11) is 1.71. The van der Waals surface area contributed by atoms with E-state index < -0.39 is 0 Å². The Morgan fingerprint density at radius 3 is 2.95 bits per heavy atom. The van der Waals surface area contributed by atoms with E-state index in [0.717, 1.165) is 49.0 Å². The average Bonchev–Trinajstić information content (AvgIpc) is 2.46. The van der Waals surface area contributed by atoms with Crippen LogP contribution < -0.4 is 10.1 Å². The summed E-state index contributed by atoms with van der Waals surface area (Å²) >= 11 is 0. The molecule has 2 unspecified atom stereocenters. The van der Waals surface area contributed by atoms with Crippen LogP contribution in [-0.2, 0) is 11.3 Å². The van der Waals surface area contributed by atoms with Crippen molar-refractivity contribution < 1.29 is 9.47 Å². The second-order valence-corrected chi connectivity index (χ2v) is 6.08. The largest absolute Gasteiger partial charge is 0.488 e. The molecule has 4 nitrogen and oxygen atoms in total. The van der Waals surface area contributed by atoms with E-state index in [-0.39, 0.29) is 0 Å². The molecule has 0 aromatic carbocycles. The van der Waals surface area contributed by atoms with Crippen LogP contribution in [0.5, 0.6) is 5.75 Å². The molecule has 0 spiro atoms. The van der Waals surface area contributed by atoms with E-state index in [9.17, 15) is 0 Å². The van der Waals surface area contributed by atoms with Gasteiger partial charge in [-0.3, -0.25) is 4.98 Å². The number of methoxy groups -OCH3 is 1. The van der Waals surface area contributed by atoms with Crippen LogP contribution in [0.2, 0.25) is 0 Å². The van der Waals surface area contributed by atoms with Crippen molar-refractivity contribution in [3.63, 3.8) is 0 Å². The number of aryl methyl sites for hydroxylation is 1. The summed E-state index contributed by atoms with van der Waals surface area (Å²) in [6.45, 7) is 6.60. The van der Waals surface area contributed by atoms with E-state index in [1.165, 1.54) is 12.8 Å². The average molecular weight is 292 g/mol. The second-order valence-electron chi connectivity index (χ2n) is 6.08. The summed E-state index contributed by atoms with van der Waals surface area (Å²) in [6.07, 6.45) is 5.26. The maximum atomic E-state index is 6.24. The highest BCUT2D eigenvalue weighted by Crippen LogP contribution is 2.28. The molecule has 0 saturated heterocycles. The van der Waals surface area contributed by atoms with Crippen LogP contribution >= 0.6 is 0 Å². The van der Waals surface area contributed by atoms with Crippen LogP contribution in [0.25, 0.3) is 0 Å². The van der Waals surface area contributed by atoms with Crippen molar-refractivity contribution in [2.24, 2.45) is 5.92 Å². The Hall–Kier alpha value is -1.13. The highest BCUT2D eigenvalue weighted by atomic mass is 16.5. The number of pyridine rings is 1. The molecular formula is C17H28N2O2. The molecular weight excluding hydrogens is 264 g/mol. The summed E-state index contributed by atoms with van der Waals surface area (Å²) < 4.78 is 11.3. The Morgan fingerprint density at radius 1 is 1.33 bits per heavy atom. The van der Waals surface area contributed by atoms with Gasteiger partial charge in [-0.15, -0.1) is 0 Å². The first-order valence-corrected chi connectivity index (χ1v) is 8.02. The van der Waals surface area contributed by atoms with Crippen molar-refractivity contribution in [3.8, 4) is 5.75 Å². The first-order valence-electron chi connectivity index (χ1n) is 8.02. The maximum Gasteiger partial charge on any atom is 0.142 e. The fourth-order valence-electron chi connectivity index (χ4n) is 2.88. The number of nitrogens with one attached hydrogen (secondary N) is 1. The van der Waals surface area contributed by atoms with Gasteiger partial charge in [0.05, 0.1) is 18.4 Å². The van der Waals surface area contributed by atoms with Crippen molar-refractivity contribution in [3.05, 3.63) is 23.5 Å². The molecule has 1 fully saturated rings. The second kappa shape index (κ2) is 8.35. The lowest BCUT2D eigenvalue weighted by molar-refractivity contribution is 0.127. The third kappa shape index (κ3) is 5.29. The normalized spacial score (nSPS) is 22.2. The molecule has 0 radical (unpaired) electrons. The Labute approximate surface area is 128 Å². The summed E-state index contributed by atoms with van der Waals surface area (Å²) in [5, 5.41) is 3.35. The lowest BCUT2D eigenvalue weighted by Crippen LogP contribution is -2.26. The molecule has 1 N–H and O–H groups in total. The summed E-state index contributed by atoms with van der Waals surface area (Å²) in [6, 6.07) is 4.09. The summed E-state index contributed by atoms with van der Waals surface area (Å²) in [4.78, 5) is 4.63. The minimum absolute atomic E-state index is 0.344. The lowest BCUT2D eigenvalue weighted by Gasteiger charge is -2.28. The third-order valence-corrected chi connectivity index (χ3v) is 4.03. The van der Waals surface area contributed by atoms with E-state index in [2.05, 4.69) is 23.3 Å². The van der Waals surface area contributed by atoms with E-state index in [1.807, 2.05) is 13.0 Å². The smallest absolute Gasteiger partial charge is 0.142 e. The fraction of sp³-hybridized carbons (Fsp3) is 0.706. The zero-order valence-electron chi connectivity index (χ0n) is 13.5. The van der Waals surface area contributed by atoms with Gasteiger partial charge in [0, 0.05) is 25.9 Å². The molecule has 2 atom stereocenters. The zero-order chi connectivity index (χ0) is 15.1. The molecule has 2 rings (SSSR count). The van der Waals surface area contributed by atoms with Crippen LogP contribution in [0.15, 0.2) is 12.1 Å². The van der Waals surface area contributed by atoms with Crippen molar-refractivity contribution in [2.45, 2.75) is 52.2 Å². The third-order valence-electron chi connectivity index (χ3n) is 4.03. The first-order chi connectivity index (χ1) is 10.2. The minimum atomic E-state index is 0.344. The molecule has 0 amide bonds. The number of ether oxygens (including phenoxy) is 2. The Kier molecular flexibility index (Phi) is 6.46. The number of aromatic nitrogens is 1. The van der Waals surface area contributed by atoms with E-state index >= 15 is 0 Å². The SMILES string of the molecule is COCCNCc1nc(C)ccc1OC1CCCC(C)C1.